The van der Waals surface area contributed by atoms with E-state index in [9.17, 15) is 14.9 Å². The van der Waals surface area contributed by atoms with Gasteiger partial charge in [-0.05, 0) is 30.2 Å². The number of ether oxygens (including phenoxy) is 2. The molecule has 3 atom stereocenters. The van der Waals surface area contributed by atoms with Crippen molar-refractivity contribution in [2.75, 3.05) is 11.9 Å². The molecule has 178 valence electrons. The number of hydrogen-bond acceptors (Lipinski definition) is 6. The number of carbonyl (C=O) groups is 1. The topological polar surface area (TPSA) is 103 Å². The van der Waals surface area contributed by atoms with Crippen molar-refractivity contribution in [2.24, 2.45) is 5.92 Å². The normalized spacial score (nSPS) is 13.4. The molecule has 0 bridgehead atoms. The second-order valence-corrected chi connectivity index (χ2v) is 7.78. The molecular formula is C26H29N3O5. The van der Waals surface area contributed by atoms with Crippen LogP contribution in [0.5, 0.6) is 0 Å². The zero-order valence-electron chi connectivity index (χ0n) is 19.2. The summed E-state index contributed by atoms with van der Waals surface area (Å²) in [4.78, 5) is 23.1. The molecule has 8 heteroatoms. The van der Waals surface area contributed by atoms with Crippen LogP contribution in [0.2, 0.25) is 0 Å². The number of anilines is 1. The van der Waals surface area contributed by atoms with E-state index in [-0.39, 0.29) is 24.3 Å². The number of non-ortho nitro benzene ring substituents is 1. The zero-order chi connectivity index (χ0) is 24.3. The summed E-state index contributed by atoms with van der Waals surface area (Å²) in [6.07, 6.45) is -1.21. The maximum atomic E-state index is 12.5. The van der Waals surface area contributed by atoms with E-state index in [4.69, 9.17) is 9.47 Å². The van der Waals surface area contributed by atoms with Gasteiger partial charge in [0.25, 0.3) is 5.69 Å². The number of amides is 1. The van der Waals surface area contributed by atoms with Gasteiger partial charge in [0.2, 0.25) is 0 Å². The SMILES string of the molecule is CCOC(NC(=O)OCc1ccccc1)[C@H](C)[C@H](Nc1ccc([N+](=O)[O-])cc1)c1ccccc1. The summed E-state index contributed by atoms with van der Waals surface area (Å²) in [7, 11) is 0. The number of alkyl carbamates (subject to hydrolysis) is 1. The lowest BCUT2D eigenvalue weighted by Gasteiger charge is -2.32. The van der Waals surface area contributed by atoms with Gasteiger partial charge in [0.05, 0.1) is 11.0 Å². The smallest absolute Gasteiger partial charge is 0.409 e. The van der Waals surface area contributed by atoms with E-state index in [0.29, 0.717) is 12.3 Å². The number of carbonyl (C=O) groups excluding carboxylic acids is 1. The van der Waals surface area contributed by atoms with E-state index in [1.165, 1.54) is 12.1 Å². The standard InChI is InChI=1S/C26H29N3O5/c1-3-33-25(28-26(30)34-18-20-10-6-4-7-11-20)19(2)24(21-12-8-5-9-13-21)27-22-14-16-23(17-15-22)29(31)32/h4-17,19,24-25,27H,3,18H2,1-2H3,(H,28,30)/t19-,24+,25?/m1/s1. The van der Waals surface area contributed by atoms with Gasteiger partial charge in [-0.1, -0.05) is 67.6 Å². The Bertz CT molecular complexity index is 1050. The molecule has 0 radical (unpaired) electrons. The number of nitrogens with zero attached hydrogens (tertiary/aromatic N) is 1. The highest BCUT2D eigenvalue weighted by molar-refractivity contribution is 5.67. The first-order chi connectivity index (χ1) is 16.5. The monoisotopic (exact) mass is 463 g/mol. The predicted octanol–water partition coefficient (Wildman–Crippen LogP) is 5.67. The van der Waals surface area contributed by atoms with Crippen molar-refractivity contribution >= 4 is 17.5 Å². The van der Waals surface area contributed by atoms with Gasteiger partial charge in [0, 0.05) is 30.3 Å². The molecule has 0 aliphatic carbocycles. The highest BCUT2D eigenvalue weighted by Crippen LogP contribution is 2.30. The minimum atomic E-state index is -0.635. The summed E-state index contributed by atoms with van der Waals surface area (Å²) < 4.78 is 11.3. The van der Waals surface area contributed by atoms with Gasteiger partial charge in [0.15, 0.2) is 0 Å². The Hall–Kier alpha value is -3.91. The van der Waals surface area contributed by atoms with Gasteiger partial charge in [-0.3, -0.25) is 15.4 Å². The molecule has 34 heavy (non-hydrogen) atoms. The van der Waals surface area contributed by atoms with Crippen LogP contribution in [0.15, 0.2) is 84.9 Å². The van der Waals surface area contributed by atoms with E-state index in [2.05, 4.69) is 10.6 Å². The van der Waals surface area contributed by atoms with Gasteiger partial charge in [-0.2, -0.15) is 0 Å². The maximum Gasteiger partial charge on any atom is 0.409 e. The number of benzene rings is 3. The van der Waals surface area contributed by atoms with Crippen molar-refractivity contribution in [1.29, 1.82) is 0 Å². The Kier molecular flexibility index (Phi) is 8.99. The number of nitro benzene ring substituents is 1. The van der Waals surface area contributed by atoms with E-state index in [0.717, 1.165) is 11.1 Å². The van der Waals surface area contributed by atoms with Crippen LogP contribution < -0.4 is 10.6 Å². The lowest BCUT2D eigenvalue weighted by Crippen LogP contribution is -2.44. The van der Waals surface area contributed by atoms with E-state index in [1.54, 1.807) is 12.1 Å². The Morgan fingerprint density at radius 1 is 0.971 bits per heavy atom. The Labute approximate surface area is 199 Å². The van der Waals surface area contributed by atoms with Crippen LogP contribution in [0, 0.1) is 16.0 Å². The van der Waals surface area contributed by atoms with Gasteiger partial charge in [-0.25, -0.2) is 4.79 Å². The average Bonchev–Trinajstić information content (AvgIpc) is 2.87. The first-order valence-electron chi connectivity index (χ1n) is 11.1. The molecule has 0 fully saturated rings. The number of nitro groups is 1. The molecule has 0 saturated carbocycles. The van der Waals surface area contributed by atoms with Crippen LogP contribution in [-0.2, 0) is 16.1 Å². The molecule has 0 aromatic heterocycles. The lowest BCUT2D eigenvalue weighted by molar-refractivity contribution is -0.384. The molecule has 0 saturated heterocycles. The fraction of sp³-hybridized carbons (Fsp3) is 0.269. The third-order valence-electron chi connectivity index (χ3n) is 5.38. The average molecular weight is 464 g/mol. The fourth-order valence-electron chi connectivity index (χ4n) is 3.60. The quantitative estimate of drug-likeness (QED) is 0.216. The number of nitrogens with one attached hydrogen (secondary N) is 2. The van der Waals surface area contributed by atoms with E-state index < -0.39 is 17.2 Å². The second-order valence-electron chi connectivity index (χ2n) is 7.78. The summed E-state index contributed by atoms with van der Waals surface area (Å²) in [5, 5.41) is 17.3. The third-order valence-corrected chi connectivity index (χ3v) is 5.38. The summed E-state index contributed by atoms with van der Waals surface area (Å²) >= 11 is 0. The van der Waals surface area contributed by atoms with Crippen LogP contribution in [0.4, 0.5) is 16.2 Å². The van der Waals surface area contributed by atoms with Crippen molar-refractivity contribution in [2.45, 2.75) is 32.7 Å². The lowest BCUT2D eigenvalue weighted by atomic mass is 9.92. The zero-order valence-corrected chi connectivity index (χ0v) is 19.2. The minimum Gasteiger partial charge on any atom is -0.445 e. The first-order valence-corrected chi connectivity index (χ1v) is 11.1. The largest absolute Gasteiger partial charge is 0.445 e. The van der Waals surface area contributed by atoms with Gasteiger partial charge < -0.3 is 14.8 Å². The van der Waals surface area contributed by atoms with Gasteiger partial charge in [-0.15, -0.1) is 0 Å². The molecule has 3 aromatic rings. The predicted molar refractivity (Wildman–Crippen MR) is 130 cm³/mol. The first kappa shape index (κ1) is 24.7. The fourth-order valence-corrected chi connectivity index (χ4v) is 3.60. The van der Waals surface area contributed by atoms with Crippen LogP contribution in [-0.4, -0.2) is 23.9 Å². The Balaban J connectivity index is 1.75. The molecule has 1 unspecified atom stereocenters. The highest BCUT2D eigenvalue weighted by Gasteiger charge is 2.29. The summed E-state index contributed by atoms with van der Waals surface area (Å²) in [5.74, 6) is -0.221. The van der Waals surface area contributed by atoms with Crippen molar-refractivity contribution in [3.63, 3.8) is 0 Å². The van der Waals surface area contributed by atoms with Crippen molar-refractivity contribution in [3.8, 4) is 0 Å². The molecule has 3 rings (SSSR count). The molecule has 0 heterocycles. The van der Waals surface area contributed by atoms with Crippen molar-refractivity contribution < 1.29 is 19.2 Å². The van der Waals surface area contributed by atoms with Crippen molar-refractivity contribution in [3.05, 3.63) is 106 Å². The molecule has 0 aliphatic rings. The molecule has 2 N–H and O–H groups in total. The minimum absolute atomic E-state index is 0.0184. The third kappa shape index (κ3) is 7.05. The second kappa shape index (κ2) is 12.4. The van der Waals surface area contributed by atoms with Gasteiger partial charge in [0.1, 0.15) is 12.8 Å². The van der Waals surface area contributed by atoms with Crippen LogP contribution in [0.3, 0.4) is 0 Å². The number of hydrogen-bond donors (Lipinski definition) is 2. The molecule has 0 spiro atoms. The van der Waals surface area contributed by atoms with Crippen LogP contribution in [0.25, 0.3) is 0 Å². The van der Waals surface area contributed by atoms with Gasteiger partial charge >= 0.3 is 6.09 Å². The molecule has 8 nitrogen and oxygen atoms in total. The maximum absolute atomic E-state index is 12.5. The summed E-state index contributed by atoms with van der Waals surface area (Å²) in [6, 6.07) is 25.2. The Morgan fingerprint density at radius 3 is 2.18 bits per heavy atom. The molecular weight excluding hydrogens is 434 g/mol. The molecule has 0 aliphatic heterocycles. The van der Waals surface area contributed by atoms with Crippen LogP contribution in [0.1, 0.15) is 31.0 Å². The Morgan fingerprint density at radius 2 is 1.59 bits per heavy atom. The summed E-state index contributed by atoms with van der Waals surface area (Å²) in [5.41, 5.74) is 2.61. The van der Waals surface area contributed by atoms with E-state index >= 15 is 0 Å². The molecule has 3 aromatic carbocycles. The van der Waals surface area contributed by atoms with Crippen LogP contribution >= 0.6 is 0 Å². The highest BCUT2D eigenvalue weighted by atomic mass is 16.6. The van der Waals surface area contributed by atoms with Crippen molar-refractivity contribution in [1.82, 2.24) is 5.32 Å². The molecule has 1 amide bonds. The summed E-state index contributed by atoms with van der Waals surface area (Å²) in [6.45, 7) is 4.38. The number of rotatable bonds is 11. The van der Waals surface area contributed by atoms with E-state index in [1.807, 2.05) is 74.5 Å².